The third-order valence-corrected chi connectivity index (χ3v) is 3.10. The van der Waals surface area contributed by atoms with Crippen molar-refractivity contribution in [1.82, 2.24) is 10.2 Å². The van der Waals surface area contributed by atoms with Gasteiger partial charge in [-0.25, -0.2) is 0 Å². The number of nitrogens with two attached hydrogens (primary N) is 1. The topological polar surface area (TPSA) is 58.4 Å². The van der Waals surface area contributed by atoms with E-state index in [0.717, 1.165) is 25.9 Å². The molecule has 1 rings (SSSR count). The molecule has 3 N–H and O–H groups in total. The monoisotopic (exact) mass is 241 g/mol. The second-order valence-corrected chi connectivity index (χ2v) is 6.00. The van der Waals surface area contributed by atoms with Crippen molar-refractivity contribution in [2.75, 3.05) is 19.6 Å². The lowest BCUT2D eigenvalue weighted by atomic mass is 10.1. The van der Waals surface area contributed by atoms with E-state index in [1.807, 2.05) is 20.8 Å². The zero-order valence-electron chi connectivity index (χ0n) is 11.5. The van der Waals surface area contributed by atoms with E-state index in [2.05, 4.69) is 10.2 Å². The molecule has 0 bridgehead atoms. The highest BCUT2D eigenvalue weighted by molar-refractivity contribution is 5.78. The van der Waals surface area contributed by atoms with E-state index in [0.29, 0.717) is 12.6 Å². The van der Waals surface area contributed by atoms with Crippen LogP contribution in [-0.2, 0) is 4.79 Å². The van der Waals surface area contributed by atoms with Gasteiger partial charge in [0.05, 0.1) is 6.54 Å². The maximum absolute atomic E-state index is 11.9. The fourth-order valence-corrected chi connectivity index (χ4v) is 2.43. The molecule has 1 heterocycles. The van der Waals surface area contributed by atoms with E-state index in [-0.39, 0.29) is 11.4 Å². The molecule has 4 nitrogen and oxygen atoms in total. The second-order valence-electron chi connectivity index (χ2n) is 6.00. The molecule has 1 atom stereocenters. The standard InChI is InChI=1S/C13H27N3O/c1-13(2,3)15-12(17)10-16-9-5-7-11(16)6-4-8-14/h11H,4-10,14H2,1-3H3,(H,15,17). The molecule has 1 fully saturated rings. The highest BCUT2D eigenvalue weighted by atomic mass is 16.2. The first kappa shape index (κ1) is 14.5. The summed E-state index contributed by atoms with van der Waals surface area (Å²) in [4.78, 5) is 14.2. The molecule has 1 saturated heterocycles. The van der Waals surface area contributed by atoms with Crippen LogP contribution < -0.4 is 11.1 Å². The van der Waals surface area contributed by atoms with Crippen molar-refractivity contribution in [1.29, 1.82) is 0 Å². The van der Waals surface area contributed by atoms with Gasteiger partial charge in [-0.1, -0.05) is 0 Å². The predicted octanol–water partition coefficient (Wildman–Crippen LogP) is 1.10. The van der Waals surface area contributed by atoms with Crippen molar-refractivity contribution in [3.63, 3.8) is 0 Å². The molecular formula is C13H27N3O. The maximum atomic E-state index is 11.9. The van der Waals surface area contributed by atoms with Gasteiger partial charge in [0.2, 0.25) is 5.91 Å². The summed E-state index contributed by atoms with van der Waals surface area (Å²) < 4.78 is 0. The first-order valence-corrected chi connectivity index (χ1v) is 6.67. The van der Waals surface area contributed by atoms with E-state index in [9.17, 15) is 4.79 Å². The number of carbonyl (C=O) groups is 1. The van der Waals surface area contributed by atoms with Gasteiger partial charge in [0, 0.05) is 11.6 Å². The summed E-state index contributed by atoms with van der Waals surface area (Å²) in [6.45, 7) is 8.38. The molecule has 0 spiro atoms. The molecule has 1 aliphatic heterocycles. The number of hydrogen-bond donors (Lipinski definition) is 2. The number of rotatable bonds is 5. The van der Waals surface area contributed by atoms with Crippen molar-refractivity contribution in [2.45, 2.75) is 58.0 Å². The smallest absolute Gasteiger partial charge is 0.234 e. The molecule has 0 aliphatic carbocycles. The number of carbonyl (C=O) groups excluding carboxylic acids is 1. The van der Waals surface area contributed by atoms with Gasteiger partial charge in [-0.15, -0.1) is 0 Å². The Kier molecular flexibility index (Phi) is 5.40. The first-order valence-electron chi connectivity index (χ1n) is 6.67. The number of hydrogen-bond acceptors (Lipinski definition) is 3. The molecule has 0 aromatic carbocycles. The Hall–Kier alpha value is -0.610. The number of nitrogens with zero attached hydrogens (tertiary/aromatic N) is 1. The highest BCUT2D eigenvalue weighted by Crippen LogP contribution is 2.20. The highest BCUT2D eigenvalue weighted by Gasteiger charge is 2.26. The van der Waals surface area contributed by atoms with Crippen LogP contribution in [0.1, 0.15) is 46.5 Å². The van der Waals surface area contributed by atoms with Gasteiger partial charge in [0.15, 0.2) is 0 Å². The van der Waals surface area contributed by atoms with Crippen molar-refractivity contribution >= 4 is 5.91 Å². The summed E-state index contributed by atoms with van der Waals surface area (Å²) in [6.07, 6.45) is 4.60. The van der Waals surface area contributed by atoms with Crippen LogP contribution >= 0.6 is 0 Å². The Labute approximate surface area is 105 Å². The molecule has 1 amide bonds. The van der Waals surface area contributed by atoms with Gasteiger partial charge in [-0.05, 0) is 59.5 Å². The minimum absolute atomic E-state index is 0.135. The van der Waals surface area contributed by atoms with Crippen molar-refractivity contribution in [3.8, 4) is 0 Å². The van der Waals surface area contributed by atoms with Gasteiger partial charge in [0.1, 0.15) is 0 Å². The van der Waals surface area contributed by atoms with Gasteiger partial charge in [-0.2, -0.15) is 0 Å². The average Bonchev–Trinajstić information content (AvgIpc) is 2.59. The lowest BCUT2D eigenvalue weighted by molar-refractivity contribution is -0.123. The van der Waals surface area contributed by atoms with E-state index >= 15 is 0 Å². The Morgan fingerprint density at radius 1 is 1.47 bits per heavy atom. The molecule has 1 aliphatic rings. The summed E-state index contributed by atoms with van der Waals surface area (Å²) in [5.74, 6) is 0.136. The van der Waals surface area contributed by atoms with Gasteiger partial charge >= 0.3 is 0 Å². The maximum Gasteiger partial charge on any atom is 0.234 e. The Bertz CT molecular complexity index is 248. The SMILES string of the molecule is CC(C)(C)NC(=O)CN1CCCC1CCCN. The van der Waals surface area contributed by atoms with Gasteiger partial charge in [0.25, 0.3) is 0 Å². The van der Waals surface area contributed by atoms with Crippen molar-refractivity contribution in [2.24, 2.45) is 5.73 Å². The lowest BCUT2D eigenvalue weighted by Gasteiger charge is -2.26. The quantitative estimate of drug-likeness (QED) is 0.758. The summed E-state index contributed by atoms with van der Waals surface area (Å²) in [7, 11) is 0. The van der Waals surface area contributed by atoms with Crippen LogP contribution in [0, 0.1) is 0 Å². The minimum atomic E-state index is -0.135. The predicted molar refractivity (Wildman–Crippen MR) is 70.8 cm³/mol. The zero-order chi connectivity index (χ0) is 12.9. The molecule has 1 unspecified atom stereocenters. The minimum Gasteiger partial charge on any atom is -0.350 e. The molecule has 17 heavy (non-hydrogen) atoms. The zero-order valence-corrected chi connectivity index (χ0v) is 11.5. The molecule has 0 radical (unpaired) electrons. The van der Waals surface area contributed by atoms with Crippen molar-refractivity contribution in [3.05, 3.63) is 0 Å². The van der Waals surface area contributed by atoms with E-state index in [1.54, 1.807) is 0 Å². The first-order chi connectivity index (χ1) is 7.92. The number of nitrogens with one attached hydrogen (secondary N) is 1. The van der Waals surface area contributed by atoms with Gasteiger partial charge < -0.3 is 11.1 Å². The normalized spacial score (nSPS) is 21.8. The second kappa shape index (κ2) is 6.36. The third-order valence-electron chi connectivity index (χ3n) is 3.10. The van der Waals surface area contributed by atoms with Crippen LogP contribution in [0.25, 0.3) is 0 Å². The molecule has 0 aromatic heterocycles. The Balaban J connectivity index is 2.36. The average molecular weight is 241 g/mol. The number of likely N-dealkylation sites (tertiary alicyclic amines) is 1. The van der Waals surface area contributed by atoms with Crippen LogP contribution in [0.15, 0.2) is 0 Å². The molecule has 0 aromatic rings. The summed E-state index contributed by atoms with van der Waals surface area (Å²) in [6, 6.07) is 0.560. The molecule has 0 saturated carbocycles. The van der Waals surface area contributed by atoms with Crippen molar-refractivity contribution < 1.29 is 4.79 Å². The van der Waals surface area contributed by atoms with Crippen LogP contribution in [0.3, 0.4) is 0 Å². The van der Waals surface area contributed by atoms with Crippen LogP contribution in [-0.4, -0.2) is 42.0 Å². The van der Waals surface area contributed by atoms with Crippen LogP contribution in [0.2, 0.25) is 0 Å². The fraction of sp³-hybridized carbons (Fsp3) is 0.923. The van der Waals surface area contributed by atoms with E-state index in [1.165, 1.54) is 12.8 Å². The fourth-order valence-electron chi connectivity index (χ4n) is 2.43. The summed E-state index contributed by atoms with van der Waals surface area (Å²) in [5.41, 5.74) is 5.40. The van der Waals surface area contributed by atoms with Crippen LogP contribution in [0.5, 0.6) is 0 Å². The Morgan fingerprint density at radius 2 is 2.18 bits per heavy atom. The van der Waals surface area contributed by atoms with E-state index < -0.39 is 0 Å². The van der Waals surface area contributed by atoms with Gasteiger partial charge in [-0.3, -0.25) is 9.69 Å². The third kappa shape index (κ3) is 5.50. The van der Waals surface area contributed by atoms with Crippen LogP contribution in [0.4, 0.5) is 0 Å². The van der Waals surface area contributed by atoms with E-state index in [4.69, 9.17) is 5.73 Å². The molecule has 100 valence electrons. The largest absolute Gasteiger partial charge is 0.350 e. The number of amides is 1. The molecule has 4 heteroatoms. The summed E-state index contributed by atoms with van der Waals surface area (Å²) in [5, 5.41) is 3.02. The lowest BCUT2D eigenvalue weighted by Crippen LogP contribution is -2.47. The molecular weight excluding hydrogens is 214 g/mol. The summed E-state index contributed by atoms with van der Waals surface area (Å²) >= 11 is 0. The Morgan fingerprint density at radius 3 is 2.76 bits per heavy atom.